The van der Waals surface area contributed by atoms with E-state index in [1.54, 1.807) is 0 Å². The Bertz CT molecular complexity index is 660. The molecule has 28 heavy (non-hydrogen) atoms. The Kier molecular flexibility index (Phi) is 7.47. The van der Waals surface area contributed by atoms with E-state index in [9.17, 15) is 9.59 Å². The van der Waals surface area contributed by atoms with Crippen LogP contribution in [-0.4, -0.2) is 47.9 Å². The summed E-state index contributed by atoms with van der Waals surface area (Å²) in [6.45, 7) is 6.08. The zero-order chi connectivity index (χ0) is 19.9. The van der Waals surface area contributed by atoms with Crippen LogP contribution in [0.15, 0.2) is 0 Å². The molecule has 8 nitrogen and oxygen atoms in total. The number of piperidine rings is 1. The normalized spacial score (nSPS) is 25.2. The number of hydrogen-bond donors (Lipinski definition) is 2. The van der Waals surface area contributed by atoms with Gasteiger partial charge in [0.15, 0.2) is 0 Å². The fourth-order valence-corrected chi connectivity index (χ4v) is 4.87. The summed E-state index contributed by atoms with van der Waals surface area (Å²) in [4.78, 5) is 26.3. The third kappa shape index (κ3) is 5.56. The van der Waals surface area contributed by atoms with Crippen molar-refractivity contribution in [2.75, 3.05) is 29.9 Å². The number of ether oxygens (including phenoxy) is 1. The summed E-state index contributed by atoms with van der Waals surface area (Å²) in [7, 11) is 0. The highest BCUT2D eigenvalue weighted by molar-refractivity contribution is 7.19. The lowest BCUT2D eigenvalue weighted by Gasteiger charge is -2.32. The zero-order valence-corrected chi connectivity index (χ0v) is 17.6. The maximum absolute atomic E-state index is 12.2. The summed E-state index contributed by atoms with van der Waals surface area (Å²) in [6, 6.07) is 0.218. The number of urea groups is 1. The van der Waals surface area contributed by atoms with Crippen LogP contribution in [-0.2, 0) is 9.53 Å². The summed E-state index contributed by atoms with van der Waals surface area (Å²) < 4.78 is 5.10. The molecule has 0 bridgehead atoms. The van der Waals surface area contributed by atoms with E-state index in [0.717, 1.165) is 37.4 Å². The number of nitrogens with zero attached hydrogens (tertiary/aromatic N) is 3. The Labute approximate surface area is 170 Å². The predicted octanol–water partition coefficient (Wildman–Crippen LogP) is 3.41. The number of carbonyl (C=O) groups excluding carboxylic acids is 2. The molecule has 3 rings (SSSR count). The number of amides is 2. The number of nitrogens with one attached hydrogen (secondary N) is 2. The largest absolute Gasteiger partial charge is 0.466 e. The van der Waals surface area contributed by atoms with Crippen molar-refractivity contribution in [3.8, 4) is 0 Å². The van der Waals surface area contributed by atoms with E-state index >= 15 is 0 Å². The van der Waals surface area contributed by atoms with Crippen LogP contribution in [0, 0.1) is 11.8 Å². The molecule has 1 aromatic rings. The monoisotopic (exact) mass is 409 g/mol. The molecule has 2 N–H and O–H groups in total. The van der Waals surface area contributed by atoms with E-state index in [1.165, 1.54) is 30.6 Å². The first kappa shape index (κ1) is 20.8. The van der Waals surface area contributed by atoms with Gasteiger partial charge in [-0.25, -0.2) is 4.79 Å². The third-order valence-corrected chi connectivity index (χ3v) is 6.58. The van der Waals surface area contributed by atoms with Crippen molar-refractivity contribution < 1.29 is 14.3 Å². The minimum Gasteiger partial charge on any atom is -0.466 e. The minimum absolute atomic E-state index is 0.0158. The molecular formula is C19H31N5O3S. The lowest BCUT2D eigenvalue weighted by molar-refractivity contribution is -0.149. The summed E-state index contributed by atoms with van der Waals surface area (Å²) in [6.07, 6.45) is 7.12. The van der Waals surface area contributed by atoms with Gasteiger partial charge in [-0.15, -0.1) is 10.2 Å². The molecule has 1 aliphatic heterocycles. The molecule has 1 atom stereocenters. The van der Waals surface area contributed by atoms with Gasteiger partial charge in [0, 0.05) is 19.1 Å². The first-order valence-electron chi connectivity index (χ1n) is 10.4. The SMILES string of the molecule is CCOC(=O)C1CCC(CNC(=O)Nc2nnc(N3CCCC[C@@H]3C)s2)CC1. The number of hydrogen-bond acceptors (Lipinski definition) is 7. The summed E-state index contributed by atoms with van der Waals surface area (Å²) in [5, 5.41) is 15.5. The molecule has 1 aromatic heterocycles. The average Bonchev–Trinajstić information content (AvgIpc) is 3.15. The van der Waals surface area contributed by atoms with Crippen molar-refractivity contribution in [2.45, 2.75) is 64.8 Å². The average molecular weight is 410 g/mol. The van der Waals surface area contributed by atoms with E-state index in [-0.39, 0.29) is 17.9 Å². The Morgan fingerprint density at radius 1 is 1.18 bits per heavy atom. The van der Waals surface area contributed by atoms with Crippen LogP contribution in [0.5, 0.6) is 0 Å². The molecule has 0 radical (unpaired) electrons. The van der Waals surface area contributed by atoms with Crippen LogP contribution in [0.2, 0.25) is 0 Å². The van der Waals surface area contributed by atoms with Gasteiger partial charge in [-0.05, 0) is 64.7 Å². The predicted molar refractivity (Wildman–Crippen MR) is 110 cm³/mol. The van der Waals surface area contributed by atoms with Crippen LogP contribution in [0.4, 0.5) is 15.1 Å². The van der Waals surface area contributed by atoms with Gasteiger partial charge in [0.2, 0.25) is 10.3 Å². The number of rotatable bonds is 6. The number of anilines is 2. The second-order valence-corrected chi connectivity index (χ2v) is 8.69. The summed E-state index contributed by atoms with van der Waals surface area (Å²) in [5.41, 5.74) is 0. The summed E-state index contributed by atoms with van der Waals surface area (Å²) in [5.74, 6) is 0.333. The number of carbonyl (C=O) groups is 2. The highest BCUT2D eigenvalue weighted by Gasteiger charge is 2.27. The van der Waals surface area contributed by atoms with Crippen LogP contribution in [0.25, 0.3) is 0 Å². The first-order chi connectivity index (χ1) is 13.6. The fraction of sp³-hybridized carbons (Fsp3) is 0.789. The van der Waals surface area contributed by atoms with Gasteiger partial charge < -0.3 is 15.0 Å². The van der Waals surface area contributed by atoms with Gasteiger partial charge in [0.05, 0.1) is 12.5 Å². The highest BCUT2D eigenvalue weighted by Crippen LogP contribution is 2.30. The van der Waals surface area contributed by atoms with E-state index in [4.69, 9.17) is 4.74 Å². The zero-order valence-electron chi connectivity index (χ0n) is 16.8. The van der Waals surface area contributed by atoms with Gasteiger partial charge in [0.1, 0.15) is 0 Å². The van der Waals surface area contributed by atoms with Crippen molar-refractivity contribution in [1.82, 2.24) is 15.5 Å². The molecule has 0 unspecified atom stereocenters. The van der Waals surface area contributed by atoms with Gasteiger partial charge >= 0.3 is 12.0 Å². The third-order valence-electron chi connectivity index (χ3n) is 5.70. The lowest BCUT2D eigenvalue weighted by Crippen LogP contribution is -2.37. The number of esters is 1. The van der Waals surface area contributed by atoms with E-state index in [0.29, 0.717) is 30.2 Å². The van der Waals surface area contributed by atoms with Crippen molar-refractivity contribution in [1.29, 1.82) is 0 Å². The van der Waals surface area contributed by atoms with Gasteiger partial charge in [0.25, 0.3) is 0 Å². The smallest absolute Gasteiger partial charge is 0.321 e. The quantitative estimate of drug-likeness (QED) is 0.699. The molecule has 2 aliphatic rings. The number of aromatic nitrogens is 2. The van der Waals surface area contributed by atoms with Crippen LogP contribution in [0.3, 0.4) is 0 Å². The molecule has 1 aliphatic carbocycles. The molecular weight excluding hydrogens is 378 g/mol. The molecule has 2 amide bonds. The molecule has 0 aromatic carbocycles. The molecule has 0 spiro atoms. The molecule has 9 heteroatoms. The maximum atomic E-state index is 12.2. The Balaban J connectivity index is 1.39. The maximum Gasteiger partial charge on any atom is 0.321 e. The Hall–Kier alpha value is -1.90. The van der Waals surface area contributed by atoms with Crippen molar-refractivity contribution in [3.63, 3.8) is 0 Å². The molecule has 1 saturated heterocycles. The van der Waals surface area contributed by atoms with E-state index < -0.39 is 0 Å². The molecule has 2 fully saturated rings. The molecule has 156 valence electrons. The summed E-state index contributed by atoms with van der Waals surface area (Å²) >= 11 is 1.42. The van der Waals surface area contributed by atoms with Crippen molar-refractivity contribution in [2.24, 2.45) is 11.8 Å². The standard InChI is InChI=1S/C19H31N5O3S/c1-3-27-16(25)15-9-7-14(8-10-15)12-20-17(26)21-18-22-23-19(28-18)24-11-5-4-6-13(24)2/h13-15H,3-12H2,1-2H3,(H2,20,21,22,26)/t13-,14?,15?/m0/s1. The van der Waals surface area contributed by atoms with Crippen LogP contribution >= 0.6 is 11.3 Å². The Morgan fingerprint density at radius 2 is 1.96 bits per heavy atom. The minimum atomic E-state index is -0.248. The van der Waals surface area contributed by atoms with Gasteiger partial charge in [-0.2, -0.15) is 0 Å². The first-order valence-corrected chi connectivity index (χ1v) is 11.2. The van der Waals surface area contributed by atoms with Gasteiger partial charge in [-0.1, -0.05) is 11.3 Å². The Morgan fingerprint density at radius 3 is 2.68 bits per heavy atom. The van der Waals surface area contributed by atoms with E-state index in [1.807, 2.05) is 6.92 Å². The van der Waals surface area contributed by atoms with Crippen LogP contribution < -0.4 is 15.5 Å². The second-order valence-electron chi connectivity index (χ2n) is 7.73. The lowest BCUT2D eigenvalue weighted by atomic mass is 9.82. The topological polar surface area (TPSA) is 96.4 Å². The van der Waals surface area contributed by atoms with Crippen molar-refractivity contribution in [3.05, 3.63) is 0 Å². The van der Waals surface area contributed by atoms with Crippen LogP contribution in [0.1, 0.15) is 58.8 Å². The molecule has 1 saturated carbocycles. The van der Waals surface area contributed by atoms with Gasteiger partial charge in [-0.3, -0.25) is 10.1 Å². The molecule has 2 heterocycles. The van der Waals surface area contributed by atoms with E-state index in [2.05, 4.69) is 32.7 Å². The fourth-order valence-electron chi connectivity index (χ4n) is 4.01. The van der Waals surface area contributed by atoms with Crippen molar-refractivity contribution >= 4 is 33.6 Å². The highest BCUT2D eigenvalue weighted by atomic mass is 32.1. The second kappa shape index (κ2) is 10.0.